The van der Waals surface area contributed by atoms with E-state index in [0.29, 0.717) is 5.69 Å². The van der Waals surface area contributed by atoms with Gasteiger partial charge in [-0.15, -0.1) is 0 Å². The average molecular weight is 459 g/mol. The third-order valence-corrected chi connectivity index (χ3v) is 8.32. The number of nitro groups is 1. The second-order valence-electron chi connectivity index (χ2n) is 9.69. The van der Waals surface area contributed by atoms with Crippen molar-refractivity contribution in [2.45, 2.75) is 50.9 Å². The summed E-state index contributed by atoms with van der Waals surface area (Å²) in [5.74, 6) is 2.04. The number of halogens is 2. The molecule has 6 rings (SSSR count). The summed E-state index contributed by atoms with van der Waals surface area (Å²) in [6.45, 7) is 1.98. The second-order valence-corrected chi connectivity index (χ2v) is 10.5. The van der Waals surface area contributed by atoms with Crippen LogP contribution in [0.2, 0.25) is 10.0 Å². The molecule has 31 heavy (non-hydrogen) atoms. The zero-order chi connectivity index (χ0) is 21.9. The van der Waals surface area contributed by atoms with Gasteiger partial charge in [0, 0.05) is 11.8 Å². The zero-order valence-corrected chi connectivity index (χ0v) is 18.8. The highest BCUT2D eigenvalue weighted by atomic mass is 35.5. The number of benzene rings is 2. The van der Waals surface area contributed by atoms with E-state index < -0.39 is 10.8 Å². The minimum atomic E-state index is -0.624. The molecule has 1 N–H and O–H groups in total. The van der Waals surface area contributed by atoms with Gasteiger partial charge in [-0.1, -0.05) is 35.3 Å². The molecule has 162 valence electrons. The lowest BCUT2D eigenvalue weighted by atomic mass is 9.48. The third-order valence-electron chi connectivity index (χ3n) is 7.62. The number of carbonyl (C=O) groups is 1. The number of aryl methyl sites for hydroxylation is 1. The fourth-order valence-electron chi connectivity index (χ4n) is 6.67. The summed E-state index contributed by atoms with van der Waals surface area (Å²) in [6.07, 6.45) is 8.04. The number of hydrogen-bond donors (Lipinski definition) is 1. The van der Waals surface area contributed by atoms with Gasteiger partial charge in [-0.3, -0.25) is 14.9 Å². The minimum absolute atomic E-state index is 0.0796. The monoisotopic (exact) mass is 458 g/mol. The Bertz CT molecular complexity index is 1060. The van der Waals surface area contributed by atoms with Crippen molar-refractivity contribution in [3.8, 4) is 0 Å². The predicted octanol–water partition coefficient (Wildman–Crippen LogP) is 6.93. The molecule has 0 heterocycles. The van der Waals surface area contributed by atoms with Crippen LogP contribution in [-0.2, 0) is 5.41 Å². The summed E-state index contributed by atoms with van der Waals surface area (Å²) < 4.78 is 0. The first-order valence-corrected chi connectivity index (χ1v) is 11.6. The summed E-state index contributed by atoms with van der Waals surface area (Å²) in [5.41, 5.74) is 2.88. The summed E-state index contributed by atoms with van der Waals surface area (Å²) >= 11 is 12.3. The Balaban J connectivity index is 1.41. The van der Waals surface area contributed by atoms with Crippen molar-refractivity contribution in [2.75, 3.05) is 5.32 Å². The molecule has 2 aromatic carbocycles. The van der Waals surface area contributed by atoms with Crippen molar-refractivity contribution in [2.24, 2.45) is 17.8 Å². The van der Waals surface area contributed by atoms with Gasteiger partial charge in [0.1, 0.15) is 5.02 Å². The molecule has 5 nitrogen and oxygen atoms in total. The quantitative estimate of drug-likeness (QED) is 0.398. The van der Waals surface area contributed by atoms with Crippen LogP contribution in [0, 0.1) is 34.8 Å². The van der Waals surface area contributed by atoms with Gasteiger partial charge in [0.2, 0.25) is 0 Å². The van der Waals surface area contributed by atoms with Crippen LogP contribution in [-0.4, -0.2) is 10.8 Å². The van der Waals surface area contributed by atoms with Gasteiger partial charge in [0.25, 0.3) is 11.6 Å². The van der Waals surface area contributed by atoms with Crippen LogP contribution in [0.3, 0.4) is 0 Å². The maximum absolute atomic E-state index is 12.9. The van der Waals surface area contributed by atoms with E-state index >= 15 is 0 Å². The fraction of sp³-hybridized carbons (Fsp3) is 0.458. The van der Waals surface area contributed by atoms with Crippen molar-refractivity contribution in [1.82, 2.24) is 0 Å². The zero-order valence-electron chi connectivity index (χ0n) is 17.3. The summed E-state index contributed by atoms with van der Waals surface area (Å²) in [5, 5.41) is 13.8. The van der Waals surface area contributed by atoms with E-state index in [1.165, 1.54) is 56.2 Å². The van der Waals surface area contributed by atoms with Gasteiger partial charge in [-0.25, -0.2) is 0 Å². The number of nitrogens with one attached hydrogen (secondary N) is 1. The van der Waals surface area contributed by atoms with E-state index in [1.54, 1.807) is 0 Å². The lowest BCUT2D eigenvalue weighted by molar-refractivity contribution is -0.384. The van der Waals surface area contributed by atoms with Crippen molar-refractivity contribution in [1.29, 1.82) is 0 Å². The number of carbonyl (C=O) groups excluding carboxylic acids is 1. The molecule has 4 aliphatic rings. The number of hydrogen-bond acceptors (Lipinski definition) is 3. The summed E-state index contributed by atoms with van der Waals surface area (Å²) in [7, 11) is 0. The maximum atomic E-state index is 12.9. The Morgan fingerprint density at radius 1 is 1.06 bits per heavy atom. The number of nitro benzene ring substituents is 1. The van der Waals surface area contributed by atoms with Gasteiger partial charge in [0.05, 0.1) is 15.5 Å². The molecule has 0 spiro atoms. The molecule has 0 aliphatic heterocycles. The van der Waals surface area contributed by atoms with Crippen molar-refractivity contribution in [3.63, 3.8) is 0 Å². The molecular formula is C24H24Cl2N2O3. The number of rotatable bonds is 4. The summed E-state index contributed by atoms with van der Waals surface area (Å²) in [6, 6.07) is 8.82. The van der Waals surface area contributed by atoms with Crippen molar-refractivity contribution >= 4 is 40.5 Å². The van der Waals surface area contributed by atoms with E-state index in [9.17, 15) is 14.9 Å². The first-order valence-electron chi connectivity index (χ1n) is 10.8. The van der Waals surface area contributed by atoms with Gasteiger partial charge >= 0.3 is 0 Å². The van der Waals surface area contributed by atoms with Crippen LogP contribution < -0.4 is 5.32 Å². The van der Waals surface area contributed by atoms with E-state index in [1.807, 2.05) is 13.0 Å². The van der Waals surface area contributed by atoms with E-state index in [2.05, 4.69) is 17.4 Å². The molecule has 0 unspecified atom stereocenters. The van der Waals surface area contributed by atoms with Crippen LogP contribution in [0.25, 0.3) is 0 Å². The molecule has 7 heteroatoms. The summed E-state index contributed by atoms with van der Waals surface area (Å²) in [4.78, 5) is 23.4. The standard InChI is InChI=1S/C24H24Cl2N2O3/c1-13-6-17(24-10-14-7-15(11-24)9-16(8-14)12-24)2-4-19(13)27-23(29)21-18(25)3-5-20(22(21)26)28(30)31/h2-6,14-16H,7-12H2,1H3,(H,27,29). The van der Waals surface area contributed by atoms with E-state index in [-0.39, 0.29) is 26.7 Å². The fourth-order valence-corrected chi connectivity index (χ4v) is 7.28. The average Bonchev–Trinajstić information content (AvgIpc) is 2.68. The minimum Gasteiger partial charge on any atom is -0.322 e. The topological polar surface area (TPSA) is 72.2 Å². The molecule has 4 bridgehead atoms. The lowest BCUT2D eigenvalue weighted by Gasteiger charge is -2.57. The van der Waals surface area contributed by atoms with Gasteiger partial charge in [-0.2, -0.15) is 0 Å². The van der Waals surface area contributed by atoms with Crippen LogP contribution in [0.1, 0.15) is 60.0 Å². The SMILES string of the molecule is Cc1cc(C23CC4CC(CC(C4)C2)C3)ccc1NC(=O)c1c(Cl)ccc([N+](=O)[O-])c1Cl. The maximum Gasteiger partial charge on any atom is 0.288 e. The molecule has 0 atom stereocenters. The largest absolute Gasteiger partial charge is 0.322 e. The number of amides is 1. The molecular weight excluding hydrogens is 435 g/mol. The molecule has 1 amide bonds. The molecule has 0 saturated heterocycles. The molecule has 4 fully saturated rings. The second kappa shape index (κ2) is 7.49. The van der Waals surface area contributed by atoms with Gasteiger partial charge in [-0.05, 0) is 91.9 Å². The molecule has 0 radical (unpaired) electrons. The Kier molecular flexibility index (Phi) is 5.02. The van der Waals surface area contributed by atoms with Crippen LogP contribution in [0.4, 0.5) is 11.4 Å². The third kappa shape index (κ3) is 3.52. The van der Waals surface area contributed by atoms with Crippen LogP contribution in [0.5, 0.6) is 0 Å². The molecule has 0 aromatic heterocycles. The van der Waals surface area contributed by atoms with Crippen LogP contribution in [0.15, 0.2) is 30.3 Å². The predicted molar refractivity (Wildman–Crippen MR) is 122 cm³/mol. The molecule has 4 saturated carbocycles. The van der Waals surface area contributed by atoms with Gasteiger partial charge in [0.15, 0.2) is 0 Å². The Hall–Kier alpha value is -2.11. The highest BCUT2D eigenvalue weighted by molar-refractivity contribution is 6.41. The van der Waals surface area contributed by atoms with Crippen molar-refractivity contribution < 1.29 is 9.72 Å². The molecule has 4 aliphatic carbocycles. The number of anilines is 1. The van der Waals surface area contributed by atoms with Crippen LogP contribution >= 0.6 is 23.2 Å². The van der Waals surface area contributed by atoms with Crippen molar-refractivity contribution in [3.05, 3.63) is 67.2 Å². The Labute approximate surface area is 191 Å². The first-order chi connectivity index (χ1) is 14.8. The normalized spacial score (nSPS) is 28.5. The Morgan fingerprint density at radius 3 is 2.23 bits per heavy atom. The highest BCUT2D eigenvalue weighted by Gasteiger charge is 2.51. The first kappa shape index (κ1) is 20.8. The number of nitrogens with zero attached hydrogens (tertiary/aromatic N) is 1. The Morgan fingerprint density at radius 2 is 1.68 bits per heavy atom. The lowest BCUT2D eigenvalue weighted by Crippen LogP contribution is -2.48. The van der Waals surface area contributed by atoms with E-state index in [0.717, 1.165) is 23.3 Å². The smallest absolute Gasteiger partial charge is 0.288 e. The van der Waals surface area contributed by atoms with Gasteiger partial charge < -0.3 is 5.32 Å². The highest BCUT2D eigenvalue weighted by Crippen LogP contribution is 2.60. The molecule has 2 aromatic rings. The van der Waals surface area contributed by atoms with E-state index in [4.69, 9.17) is 23.2 Å².